The van der Waals surface area contributed by atoms with Gasteiger partial charge in [-0.1, -0.05) is 0 Å². The van der Waals surface area contributed by atoms with E-state index in [1.165, 1.54) is 29.2 Å². The van der Waals surface area contributed by atoms with E-state index in [2.05, 4.69) is 5.32 Å². The fraction of sp³-hybridized carbons (Fsp3) is 0.500. The van der Waals surface area contributed by atoms with E-state index in [1.807, 2.05) is 0 Å². The SMILES string of the molecule is O=C(COC(=O)CCN1C(=O)[C@H]2[C@@H]3CC[C@@H](C3)[C@@H]2C1=O)Nc1ccc(F)cc1. The molecule has 1 heterocycles. The molecule has 0 spiro atoms. The van der Waals surface area contributed by atoms with Crippen LogP contribution in [-0.2, 0) is 23.9 Å². The zero-order valence-electron chi connectivity index (χ0n) is 15.2. The number of benzene rings is 1. The van der Waals surface area contributed by atoms with E-state index >= 15 is 0 Å². The minimum Gasteiger partial charge on any atom is -0.456 e. The zero-order chi connectivity index (χ0) is 19.8. The molecule has 0 radical (unpaired) electrons. The molecule has 2 bridgehead atoms. The molecule has 4 atom stereocenters. The summed E-state index contributed by atoms with van der Waals surface area (Å²) >= 11 is 0. The Balaban J connectivity index is 1.22. The maximum Gasteiger partial charge on any atom is 0.308 e. The van der Waals surface area contributed by atoms with Gasteiger partial charge in [-0.25, -0.2) is 4.39 Å². The molecular formula is C20H21FN2O5. The van der Waals surface area contributed by atoms with Gasteiger partial charge in [-0.3, -0.25) is 24.1 Å². The standard InChI is InChI=1S/C20H21FN2O5/c21-13-3-5-14(6-4-13)22-15(24)10-28-16(25)7-8-23-19(26)17-11-1-2-12(9-11)18(17)20(23)27/h3-6,11-12,17-18H,1-2,7-10H2,(H,22,24)/t11-,12+,17-,18-/m0/s1. The number of rotatable bonds is 6. The van der Waals surface area contributed by atoms with Crippen molar-refractivity contribution in [3.05, 3.63) is 30.1 Å². The molecule has 1 aliphatic heterocycles. The van der Waals surface area contributed by atoms with Crippen LogP contribution in [0.2, 0.25) is 0 Å². The van der Waals surface area contributed by atoms with Crippen LogP contribution in [0.1, 0.15) is 25.7 Å². The summed E-state index contributed by atoms with van der Waals surface area (Å²) in [6.45, 7) is -0.504. The normalized spacial score (nSPS) is 27.8. The smallest absolute Gasteiger partial charge is 0.308 e. The number of nitrogens with zero attached hydrogens (tertiary/aromatic N) is 1. The maximum absolute atomic E-state index is 12.8. The van der Waals surface area contributed by atoms with Gasteiger partial charge in [0, 0.05) is 12.2 Å². The predicted octanol–water partition coefficient (Wildman–Crippen LogP) is 1.73. The van der Waals surface area contributed by atoms with Gasteiger partial charge in [0.25, 0.3) is 5.91 Å². The monoisotopic (exact) mass is 388 g/mol. The Hall–Kier alpha value is -2.77. The molecule has 8 heteroatoms. The highest BCUT2D eigenvalue weighted by Crippen LogP contribution is 2.56. The van der Waals surface area contributed by atoms with Crippen LogP contribution in [0.15, 0.2) is 24.3 Å². The van der Waals surface area contributed by atoms with Crippen LogP contribution in [0.4, 0.5) is 10.1 Å². The summed E-state index contributed by atoms with van der Waals surface area (Å²) in [6, 6.07) is 5.19. The van der Waals surface area contributed by atoms with Gasteiger partial charge in [0.2, 0.25) is 11.8 Å². The number of anilines is 1. The first-order chi connectivity index (χ1) is 13.4. The fourth-order valence-electron chi connectivity index (χ4n) is 4.84. The third kappa shape index (κ3) is 3.39. The van der Waals surface area contributed by atoms with Gasteiger partial charge < -0.3 is 10.1 Å². The van der Waals surface area contributed by atoms with E-state index in [4.69, 9.17) is 4.74 Å². The molecule has 0 aromatic heterocycles. The average Bonchev–Trinajstić information content (AvgIpc) is 3.35. The van der Waals surface area contributed by atoms with Crippen LogP contribution in [0, 0.1) is 29.5 Å². The van der Waals surface area contributed by atoms with Crippen LogP contribution in [0.25, 0.3) is 0 Å². The molecule has 1 N–H and O–H groups in total. The third-order valence-electron chi connectivity index (χ3n) is 6.05. The highest BCUT2D eigenvalue weighted by molar-refractivity contribution is 6.06. The number of esters is 1. The van der Waals surface area contributed by atoms with Crippen molar-refractivity contribution in [1.29, 1.82) is 0 Å². The number of nitrogens with one attached hydrogen (secondary N) is 1. The Morgan fingerprint density at radius 2 is 1.68 bits per heavy atom. The van der Waals surface area contributed by atoms with Crippen LogP contribution < -0.4 is 5.32 Å². The lowest BCUT2D eigenvalue weighted by Gasteiger charge is -2.19. The van der Waals surface area contributed by atoms with Crippen LogP contribution in [-0.4, -0.2) is 41.7 Å². The molecule has 2 aliphatic carbocycles. The Morgan fingerprint density at radius 1 is 1.07 bits per heavy atom. The van der Waals surface area contributed by atoms with Gasteiger partial charge in [-0.05, 0) is 55.4 Å². The molecule has 1 aromatic carbocycles. The number of carbonyl (C=O) groups is 4. The summed E-state index contributed by atoms with van der Waals surface area (Å²) in [4.78, 5) is 50.0. The highest BCUT2D eigenvalue weighted by Gasteiger charge is 2.60. The molecule has 3 aliphatic rings. The lowest BCUT2D eigenvalue weighted by Crippen LogP contribution is -2.35. The summed E-state index contributed by atoms with van der Waals surface area (Å²) in [7, 11) is 0. The van der Waals surface area contributed by atoms with E-state index in [0.717, 1.165) is 19.3 Å². The van der Waals surface area contributed by atoms with Crippen LogP contribution in [0.5, 0.6) is 0 Å². The summed E-state index contributed by atoms with van der Waals surface area (Å²) in [6.07, 6.45) is 2.83. The molecule has 1 saturated heterocycles. The summed E-state index contributed by atoms with van der Waals surface area (Å²) < 4.78 is 17.7. The van der Waals surface area contributed by atoms with Crippen molar-refractivity contribution in [2.75, 3.05) is 18.5 Å². The summed E-state index contributed by atoms with van der Waals surface area (Å²) in [5.41, 5.74) is 0.386. The van der Waals surface area contributed by atoms with E-state index < -0.39 is 24.3 Å². The number of carbonyl (C=O) groups excluding carboxylic acids is 4. The molecule has 2 saturated carbocycles. The largest absolute Gasteiger partial charge is 0.456 e. The van der Waals surface area contributed by atoms with Crippen molar-refractivity contribution >= 4 is 29.4 Å². The first-order valence-electron chi connectivity index (χ1n) is 9.50. The minimum absolute atomic E-state index is 0.0114. The first kappa shape index (κ1) is 18.6. The number of hydrogen-bond donors (Lipinski definition) is 1. The molecular weight excluding hydrogens is 367 g/mol. The molecule has 1 aromatic rings. The second kappa shape index (κ2) is 7.33. The number of imide groups is 1. The van der Waals surface area contributed by atoms with Gasteiger partial charge in [0.1, 0.15) is 5.82 Å². The van der Waals surface area contributed by atoms with Crippen molar-refractivity contribution in [2.45, 2.75) is 25.7 Å². The van der Waals surface area contributed by atoms with Crippen molar-refractivity contribution in [3.63, 3.8) is 0 Å². The topological polar surface area (TPSA) is 92.8 Å². The van der Waals surface area contributed by atoms with E-state index in [0.29, 0.717) is 17.5 Å². The maximum atomic E-state index is 12.8. The third-order valence-corrected chi connectivity index (χ3v) is 6.05. The molecule has 0 unspecified atom stereocenters. The molecule has 148 valence electrons. The Morgan fingerprint density at radius 3 is 2.29 bits per heavy atom. The second-order valence-corrected chi connectivity index (χ2v) is 7.68. The Bertz CT molecular complexity index is 796. The quantitative estimate of drug-likeness (QED) is 0.592. The average molecular weight is 388 g/mol. The second-order valence-electron chi connectivity index (χ2n) is 7.68. The van der Waals surface area contributed by atoms with Crippen molar-refractivity contribution in [3.8, 4) is 0 Å². The number of likely N-dealkylation sites (tertiary alicyclic amines) is 1. The number of hydrogen-bond acceptors (Lipinski definition) is 5. The van der Waals surface area contributed by atoms with Crippen molar-refractivity contribution in [1.82, 2.24) is 4.90 Å². The number of halogens is 1. The van der Waals surface area contributed by atoms with E-state index in [1.54, 1.807) is 0 Å². The summed E-state index contributed by atoms with van der Waals surface area (Å²) in [5.74, 6) is -1.76. The first-order valence-corrected chi connectivity index (χ1v) is 9.50. The van der Waals surface area contributed by atoms with Gasteiger partial charge >= 0.3 is 5.97 Å². The lowest BCUT2D eigenvalue weighted by atomic mass is 9.81. The Kier molecular flexibility index (Phi) is 4.87. The van der Waals surface area contributed by atoms with Gasteiger partial charge in [-0.2, -0.15) is 0 Å². The van der Waals surface area contributed by atoms with E-state index in [-0.39, 0.29) is 36.6 Å². The Labute approximate surface area is 161 Å². The molecule has 4 rings (SSSR count). The zero-order valence-corrected chi connectivity index (χ0v) is 15.2. The minimum atomic E-state index is -0.658. The van der Waals surface area contributed by atoms with Crippen molar-refractivity contribution in [2.24, 2.45) is 23.7 Å². The number of fused-ring (bicyclic) bond motifs is 5. The summed E-state index contributed by atoms with van der Waals surface area (Å²) in [5, 5.41) is 2.48. The predicted molar refractivity (Wildman–Crippen MR) is 95.1 cm³/mol. The van der Waals surface area contributed by atoms with Crippen molar-refractivity contribution < 1.29 is 28.3 Å². The van der Waals surface area contributed by atoms with Crippen LogP contribution in [0.3, 0.4) is 0 Å². The van der Waals surface area contributed by atoms with E-state index in [9.17, 15) is 23.6 Å². The number of ether oxygens (including phenoxy) is 1. The highest BCUT2D eigenvalue weighted by atomic mass is 19.1. The lowest BCUT2D eigenvalue weighted by molar-refractivity contribution is -0.149. The number of amides is 3. The molecule has 3 fully saturated rings. The molecule has 28 heavy (non-hydrogen) atoms. The molecule has 7 nitrogen and oxygen atoms in total. The molecule has 3 amide bonds. The van der Waals surface area contributed by atoms with Gasteiger partial charge in [-0.15, -0.1) is 0 Å². The van der Waals surface area contributed by atoms with Gasteiger partial charge in [0.15, 0.2) is 6.61 Å². The van der Waals surface area contributed by atoms with Gasteiger partial charge in [0.05, 0.1) is 18.3 Å². The van der Waals surface area contributed by atoms with Crippen LogP contribution >= 0.6 is 0 Å². The fourth-order valence-corrected chi connectivity index (χ4v) is 4.84.